The second kappa shape index (κ2) is 7.85. The number of rotatable bonds is 9. The summed E-state index contributed by atoms with van der Waals surface area (Å²) < 4.78 is 3.97. The van der Waals surface area contributed by atoms with Gasteiger partial charge in [0.25, 0.3) is 0 Å². The lowest BCUT2D eigenvalue weighted by Gasteiger charge is -2.05. The molecular formula is C19H29N5O. The van der Waals surface area contributed by atoms with Crippen molar-refractivity contribution in [3.8, 4) is 0 Å². The number of hydrogen-bond acceptors (Lipinski definition) is 3. The van der Waals surface area contributed by atoms with Crippen LogP contribution in [-0.4, -0.2) is 25.5 Å². The molecule has 0 spiro atoms. The predicted octanol–water partition coefficient (Wildman–Crippen LogP) is 3.48. The molecule has 2 heterocycles. The molecule has 0 atom stereocenters. The Morgan fingerprint density at radius 2 is 2.08 bits per heavy atom. The van der Waals surface area contributed by atoms with Gasteiger partial charge in [0.05, 0.1) is 12.1 Å². The molecule has 0 bridgehead atoms. The maximum atomic E-state index is 12.4. The van der Waals surface area contributed by atoms with Crippen LogP contribution in [0.25, 0.3) is 0 Å². The SMILES string of the molecule is CCCCCn1ccc(NC(=O)Cc2c(C)nn(CC3CC3)c2C)n1. The molecule has 2 aromatic heterocycles. The number of carbonyl (C=O) groups is 1. The summed E-state index contributed by atoms with van der Waals surface area (Å²) in [5.74, 6) is 1.37. The van der Waals surface area contributed by atoms with E-state index in [0.29, 0.717) is 12.2 Å². The van der Waals surface area contributed by atoms with Crippen molar-refractivity contribution in [3.05, 3.63) is 29.2 Å². The molecule has 0 saturated heterocycles. The molecule has 1 aliphatic rings. The molecule has 0 unspecified atom stereocenters. The second-order valence-electron chi connectivity index (χ2n) is 7.17. The van der Waals surface area contributed by atoms with Gasteiger partial charge in [0.2, 0.25) is 5.91 Å². The standard InChI is InChI=1S/C19H29N5O/c1-4-5-6-10-23-11-9-18(22-23)20-19(25)12-17-14(2)21-24(15(17)3)13-16-7-8-16/h9,11,16H,4-8,10,12-13H2,1-3H3,(H,20,22,25). The summed E-state index contributed by atoms with van der Waals surface area (Å²) in [7, 11) is 0. The monoisotopic (exact) mass is 343 g/mol. The van der Waals surface area contributed by atoms with Crippen LogP contribution >= 0.6 is 0 Å². The maximum Gasteiger partial charge on any atom is 0.230 e. The van der Waals surface area contributed by atoms with Crippen LogP contribution in [-0.2, 0) is 24.3 Å². The van der Waals surface area contributed by atoms with E-state index in [2.05, 4.69) is 34.0 Å². The summed E-state index contributed by atoms with van der Waals surface area (Å²) in [4.78, 5) is 12.4. The first-order valence-corrected chi connectivity index (χ1v) is 9.43. The van der Waals surface area contributed by atoms with E-state index in [0.717, 1.165) is 42.4 Å². The normalized spacial score (nSPS) is 14.0. The van der Waals surface area contributed by atoms with E-state index in [4.69, 9.17) is 0 Å². The lowest BCUT2D eigenvalue weighted by Crippen LogP contribution is -2.16. The molecule has 6 nitrogen and oxygen atoms in total. The number of anilines is 1. The van der Waals surface area contributed by atoms with E-state index in [-0.39, 0.29) is 5.91 Å². The summed E-state index contributed by atoms with van der Waals surface area (Å²) in [6.07, 6.45) is 8.39. The number of amides is 1. The number of unbranched alkanes of at least 4 members (excludes halogenated alkanes) is 2. The van der Waals surface area contributed by atoms with Gasteiger partial charge in [-0.1, -0.05) is 19.8 Å². The highest BCUT2D eigenvalue weighted by Gasteiger charge is 2.24. The Bertz CT molecular complexity index is 726. The van der Waals surface area contributed by atoms with Crippen molar-refractivity contribution >= 4 is 11.7 Å². The third-order valence-corrected chi connectivity index (χ3v) is 4.90. The average molecular weight is 343 g/mol. The molecule has 2 aromatic rings. The van der Waals surface area contributed by atoms with Crippen LogP contribution < -0.4 is 5.32 Å². The predicted molar refractivity (Wildman–Crippen MR) is 98.5 cm³/mol. The quantitative estimate of drug-likeness (QED) is 0.709. The van der Waals surface area contributed by atoms with Crippen LogP contribution in [0, 0.1) is 19.8 Å². The molecule has 1 N–H and O–H groups in total. The Labute approximate surface area is 149 Å². The number of nitrogens with zero attached hydrogens (tertiary/aromatic N) is 4. The molecule has 6 heteroatoms. The number of aromatic nitrogens is 4. The van der Waals surface area contributed by atoms with Crippen molar-refractivity contribution in [3.63, 3.8) is 0 Å². The molecule has 1 fully saturated rings. The summed E-state index contributed by atoms with van der Waals surface area (Å²) in [6.45, 7) is 8.12. The minimum Gasteiger partial charge on any atom is -0.309 e. The van der Waals surface area contributed by atoms with Crippen molar-refractivity contribution < 1.29 is 4.79 Å². The zero-order chi connectivity index (χ0) is 17.8. The van der Waals surface area contributed by atoms with Crippen molar-refractivity contribution in [2.24, 2.45) is 5.92 Å². The van der Waals surface area contributed by atoms with Crippen molar-refractivity contribution in [2.45, 2.75) is 72.4 Å². The maximum absolute atomic E-state index is 12.4. The third kappa shape index (κ3) is 4.71. The Kier molecular flexibility index (Phi) is 5.56. The highest BCUT2D eigenvalue weighted by molar-refractivity contribution is 5.91. The molecule has 0 aliphatic heterocycles. The van der Waals surface area contributed by atoms with E-state index in [1.165, 1.54) is 25.7 Å². The van der Waals surface area contributed by atoms with Gasteiger partial charge in [-0.3, -0.25) is 14.2 Å². The first kappa shape index (κ1) is 17.7. The highest BCUT2D eigenvalue weighted by atomic mass is 16.1. The first-order chi connectivity index (χ1) is 12.1. The van der Waals surface area contributed by atoms with Gasteiger partial charge in [-0.15, -0.1) is 0 Å². The Morgan fingerprint density at radius 3 is 2.80 bits per heavy atom. The highest BCUT2D eigenvalue weighted by Crippen LogP contribution is 2.31. The Hall–Kier alpha value is -2.11. The number of nitrogens with one attached hydrogen (secondary N) is 1. The van der Waals surface area contributed by atoms with Gasteiger partial charge in [0.1, 0.15) is 0 Å². The summed E-state index contributed by atoms with van der Waals surface area (Å²) in [5.41, 5.74) is 3.11. The van der Waals surface area contributed by atoms with Crippen LogP contribution in [0.15, 0.2) is 12.3 Å². The molecule has 25 heavy (non-hydrogen) atoms. The lowest BCUT2D eigenvalue weighted by molar-refractivity contribution is -0.115. The summed E-state index contributed by atoms with van der Waals surface area (Å²) in [6, 6.07) is 1.86. The number of aryl methyl sites for hydroxylation is 2. The molecule has 0 radical (unpaired) electrons. The topological polar surface area (TPSA) is 64.7 Å². The van der Waals surface area contributed by atoms with Crippen LogP contribution in [0.3, 0.4) is 0 Å². The van der Waals surface area contributed by atoms with Gasteiger partial charge < -0.3 is 5.32 Å². The van der Waals surface area contributed by atoms with Gasteiger partial charge >= 0.3 is 0 Å². The fourth-order valence-electron chi connectivity index (χ4n) is 3.14. The molecule has 136 valence electrons. The first-order valence-electron chi connectivity index (χ1n) is 9.43. The van der Waals surface area contributed by atoms with E-state index < -0.39 is 0 Å². The molecule has 0 aromatic carbocycles. The van der Waals surface area contributed by atoms with Gasteiger partial charge in [-0.2, -0.15) is 10.2 Å². The zero-order valence-corrected chi connectivity index (χ0v) is 15.6. The van der Waals surface area contributed by atoms with Crippen LogP contribution in [0.4, 0.5) is 5.82 Å². The van der Waals surface area contributed by atoms with Gasteiger partial charge in [0, 0.05) is 36.6 Å². The van der Waals surface area contributed by atoms with E-state index in [1.807, 2.05) is 23.9 Å². The van der Waals surface area contributed by atoms with Crippen LogP contribution in [0.1, 0.15) is 56.0 Å². The third-order valence-electron chi connectivity index (χ3n) is 4.90. The van der Waals surface area contributed by atoms with E-state index >= 15 is 0 Å². The Morgan fingerprint density at radius 1 is 1.28 bits per heavy atom. The van der Waals surface area contributed by atoms with Crippen LogP contribution in [0.5, 0.6) is 0 Å². The van der Waals surface area contributed by atoms with Crippen molar-refractivity contribution in [1.82, 2.24) is 19.6 Å². The van der Waals surface area contributed by atoms with Gasteiger partial charge in [0.15, 0.2) is 5.82 Å². The van der Waals surface area contributed by atoms with E-state index in [1.54, 1.807) is 0 Å². The molecule has 1 saturated carbocycles. The largest absolute Gasteiger partial charge is 0.309 e. The zero-order valence-electron chi connectivity index (χ0n) is 15.6. The minimum absolute atomic E-state index is 0.0315. The average Bonchev–Trinajstić information content (AvgIpc) is 3.23. The Balaban J connectivity index is 1.56. The second-order valence-corrected chi connectivity index (χ2v) is 7.17. The fraction of sp³-hybridized carbons (Fsp3) is 0.632. The minimum atomic E-state index is -0.0315. The molecule has 3 rings (SSSR count). The van der Waals surface area contributed by atoms with Gasteiger partial charge in [-0.25, -0.2) is 0 Å². The van der Waals surface area contributed by atoms with Crippen molar-refractivity contribution in [2.75, 3.05) is 5.32 Å². The smallest absolute Gasteiger partial charge is 0.230 e. The molecular weight excluding hydrogens is 314 g/mol. The summed E-state index contributed by atoms with van der Waals surface area (Å²) >= 11 is 0. The number of carbonyl (C=O) groups excluding carboxylic acids is 1. The lowest BCUT2D eigenvalue weighted by atomic mass is 10.1. The molecule has 1 amide bonds. The van der Waals surface area contributed by atoms with E-state index in [9.17, 15) is 4.79 Å². The number of hydrogen-bond donors (Lipinski definition) is 1. The van der Waals surface area contributed by atoms with Crippen molar-refractivity contribution in [1.29, 1.82) is 0 Å². The van der Waals surface area contributed by atoms with Crippen LogP contribution in [0.2, 0.25) is 0 Å². The van der Waals surface area contributed by atoms with Gasteiger partial charge in [-0.05, 0) is 39.0 Å². The fourth-order valence-corrected chi connectivity index (χ4v) is 3.14. The molecule has 1 aliphatic carbocycles. The summed E-state index contributed by atoms with van der Waals surface area (Å²) in [5, 5.41) is 11.9.